The van der Waals surface area contributed by atoms with Crippen molar-refractivity contribution in [1.29, 1.82) is 0 Å². The molecule has 0 bridgehead atoms. The maximum atomic E-state index is 14.8. The zero-order chi connectivity index (χ0) is 24.2. The van der Waals surface area contributed by atoms with E-state index in [4.69, 9.17) is 10.5 Å². The van der Waals surface area contributed by atoms with Crippen molar-refractivity contribution in [2.45, 2.75) is 24.7 Å². The fraction of sp³-hybridized carbons (Fsp3) is 0.318. The number of alkyl halides is 3. The van der Waals surface area contributed by atoms with Crippen molar-refractivity contribution in [3.63, 3.8) is 0 Å². The molecule has 1 fully saturated rings. The highest BCUT2D eigenvalue weighted by molar-refractivity contribution is 5.85. The van der Waals surface area contributed by atoms with Gasteiger partial charge in [-0.2, -0.15) is 13.2 Å². The smallest absolute Gasteiger partial charge is 0.408 e. The van der Waals surface area contributed by atoms with Crippen LogP contribution in [0.2, 0.25) is 0 Å². The van der Waals surface area contributed by atoms with E-state index in [0.717, 1.165) is 13.2 Å². The molecule has 2 N–H and O–H groups in total. The van der Waals surface area contributed by atoms with E-state index in [-0.39, 0.29) is 77.6 Å². The first-order valence-electron chi connectivity index (χ1n) is 10.4. The molecular weight excluding hydrogens is 530 g/mol. The van der Waals surface area contributed by atoms with Crippen molar-refractivity contribution in [2.24, 2.45) is 5.73 Å². The molecule has 194 valence electrons. The van der Waals surface area contributed by atoms with Crippen LogP contribution in [0.1, 0.15) is 18.0 Å². The molecule has 3 aromatic heterocycles. The van der Waals surface area contributed by atoms with E-state index < -0.39 is 29.6 Å². The van der Waals surface area contributed by atoms with Crippen LogP contribution in [0.3, 0.4) is 0 Å². The molecule has 4 heterocycles. The van der Waals surface area contributed by atoms with Crippen LogP contribution < -0.4 is 10.5 Å². The fourth-order valence-corrected chi connectivity index (χ4v) is 4.39. The van der Waals surface area contributed by atoms with E-state index in [9.17, 15) is 22.0 Å². The number of halogens is 7. The lowest BCUT2D eigenvalue weighted by atomic mass is 10.1. The number of fused-ring (bicyclic) bond motifs is 2. The Morgan fingerprint density at radius 1 is 1.11 bits per heavy atom. The molecule has 7 nitrogen and oxygen atoms in total. The number of nitrogens with two attached hydrogens (primary N) is 1. The first-order chi connectivity index (χ1) is 16.2. The topological polar surface area (TPSA) is 81.6 Å². The number of nitrogens with zero attached hydrogens (tertiary/aromatic N) is 5. The summed E-state index contributed by atoms with van der Waals surface area (Å²) in [5, 5.41) is 8.23. The molecule has 0 amide bonds. The Bertz CT molecular complexity index is 1400. The maximum Gasteiger partial charge on any atom is 0.408 e. The Morgan fingerprint density at radius 3 is 2.50 bits per heavy atom. The summed E-state index contributed by atoms with van der Waals surface area (Å²) in [6, 6.07) is 4.61. The summed E-state index contributed by atoms with van der Waals surface area (Å²) >= 11 is 0. The van der Waals surface area contributed by atoms with Gasteiger partial charge in [0.2, 0.25) is 0 Å². The summed E-state index contributed by atoms with van der Waals surface area (Å²) in [5.41, 5.74) is 6.11. The lowest BCUT2D eigenvalue weighted by Crippen LogP contribution is -2.38. The van der Waals surface area contributed by atoms with Crippen LogP contribution in [0.4, 0.5) is 22.0 Å². The summed E-state index contributed by atoms with van der Waals surface area (Å²) < 4.78 is 77.0. The number of likely N-dealkylation sites (tertiary alicyclic amines) is 1. The number of rotatable bonds is 4. The van der Waals surface area contributed by atoms with Gasteiger partial charge in [-0.1, -0.05) is 12.1 Å². The second-order valence-electron chi connectivity index (χ2n) is 8.18. The molecule has 4 aromatic rings. The molecule has 0 spiro atoms. The van der Waals surface area contributed by atoms with Gasteiger partial charge in [-0.3, -0.25) is 9.30 Å². The Hall–Kier alpha value is -2.80. The van der Waals surface area contributed by atoms with Crippen molar-refractivity contribution in [1.82, 2.24) is 24.5 Å². The number of methoxy groups -OCH3 is 1. The average molecular weight is 551 g/mol. The van der Waals surface area contributed by atoms with E-state index in [1.807, 2.05) is 0 Å². The summed E-state index contributed by atoms with van der Waals surface area (Å²) in [7, 11) is 1.13. The molecule has 14 heteroatoms. The second kappa shape index (κ2) is 10.3. The highest BCUT2D eigenvalue weighted by Gasteiger charge is 2.46. The van der Waals surface area contributed by atoms with Gasteiger partial charge >= 0.3 is 6.18 Å². The molecule has 2 atom stereocenters. The Labute approximate surface area is 214 Å². The molecule has 0 aliphatic carbocycles. The van der Waals surface area contributed by atoms with Gasteiger partial charge in [0.15, 0.2) is 28.9 Å². The number of benzene rings is 1. The third-order valence-electron chi connectivity index (χ3n) is 5.94. The number of ether oxygens (including phenoxy) is 1. The van der Waals surface area contributed by atoms with Gasteiger partial charge in [-0.25, -0.2) is 13.8 Å². The monoisotopic (exact) mass is 550 g/mol. The summed E-state index contributed by atoms with van der Waals surface area (Å²) in [6.45, 7) is 0.351. The minimum absolute atomic E-state index is 0. The molecule has 1 aliphatic heterocycles. The van der Waals surface area contributed by atoms with Crippen molar-refractivity contribution in [3.05, 3.63) is 53.7 Å². The van der Waals surface area contributed by atoms with E-state index in [1.165, 1.54) is 39.8 Å². The molecule has 1 aliphatic rings. The van der Waals surface area contributed by atoms with Crippen LogP contribution in [0, 0.1) is 11.6 Å². The third-order valence-corrected chi connectivity index (χ3v) is 5.94. The first-order valence-corrected chi connectivity index (χ1v) is 10.4. The number of hydrogen-bond donors (Lipinski definition) is 1. The molecule has 36 heavy (non-hydrogen) atoms. The Morgan fingerprint density at radius 2 is 1.86 bits per heavy atom. The average Bonchev–Trinajstić information content (AvgIpc) is 3.39. The van der Waals surface area contributed by atoms with Crippen molar-refractivity contribution < 1.29 is 26.7 Å². The summed E-state index contributed by atoms with van der Waals surface area (Å²) in [5.74, 6) is -2.33. The minimum Gasteiger partial charge on any atom is -0.491 e. The van der Waals surface area contributed by atoms with E-state index in [0.29, 0.717) is 6.42 Å². The van der Waals surface area contributed by atoms with Crippen LogP contribution in [0.5, 0.6) is 5.75 Å². The van der Waals surface area contributed by atoms with E-state index in [1.54, 1.807) is 0 Å². The molecular formula is C22H21Cl2F5N6O. The van der Waals surface area contributed by atoms with Crippen LogP contribution in [-0.4, -0.2) is 56.9 Å². The third kappa shape index (κ3) is 4.77. The van der Waals surface area contributed by atoms with Gasteiger partial charge in [-0.15, -0.1) is 35.0 Å². The molecule has 1 saturated heterocycles. The normalized spacial score (nSPS) is 17.1. The van der Waals surface area contributed by atoms with Crippen LogP contribution >= 0.6 is 24.8 Å². The fourth-order valence-electron chi connectivity index (χ4n) is 4.39. The van der Waals surface area contributed by atoms with Crippen molar-refractivity contribution in [3.8, 4) is 17.3 Å². The maximum absolute atomic E-state index is 14.8. The van der Waals surface area contributed by atoms with Gasteiger partial charge in [-0.05, 0) is 30.2 Å². The Kier molecular flexibility index (Phi) is 7.94. The molecule has 1 aromatic carbocycles. The summed E-state index contributed by atoms with van der Waals surface area (Å²) in [6.07, 6.45) is -2.75. The quantitative estimate of drug-likeness (QED) is 0.370. The van der Waals surface area contributed by atoms with Crippen LogP contribution in [0.25, 0.3) is 28.1 Å². The second-order valence-corrected chi connectivity index (χ2v) is 8.18. The highest BCUT2D eigenvalue weighted by atomic mass is 35.5. The predicted molar refractivity (Wildman–Crippen MR) is 128 cm³/mol. The standard InChI is InChI=1S/C22H19F5N6O.2ClH/c1-34-19-14(23)8-11-2-4-15(29-18(11)17(19)24)21-31-30-16-5-3-12(9-33(16)21)20(22(25,26)27)32-7-6-13(28)10-32;;/h2-5,8-9,13,20H,6-7,10,28H2,1H3;2*1H/t13?,20-;;/m1../s1. The minimum atomic E-state index is -4.53. The van der Waals surface area contributed by atoms with E-state index >= 15 is 0 Å². The lowest BCUT2D eigenvalue weighted by molar-refractivity contribution is -0.183. The van der Waals surface area contributed by atoms with Gasteiger partial charge in [0, 0.05) is 30.7 Å². The van der Waals surface area contributed by atoms with Gasteiger partial charge in [0.05, 0.1) is 7.11 Å². The Balaban J connectivity index is 0.00000180. The van der Waals surface area contributed by atoms with E-state index in [2.05, 4.69) is 15.2 Å². The summed E-state index contributed by atoms with van der Waals surface area (Å²) in [4.78, 5) is 5.54. The molecule has 5 rings (SSSR count). The SMILES string of the molecule is COc1c(F)cc2ccc(-c3nnc4ccc([C@@H](N5CCC(N)C5)C(F)(F)F)cn34)nc2c1F.Cl.Cl. The lowest BCUT2D eigenvalue weighted by Gasteiger charge is -2.30. The predicted octanol–water partition coefficient (Wildman–Crippen LogP) is 4.71. The highest BCUT2D eigenvalue weighted by Crippen LogP contribution is 2.39. The van der Waals surface area contributed by atoms with Gasteiger partial charge in [0.25, 0.3) is 0 Å². The van der Waals surface area contributed by atoms with Crippen LogP contribution in [0.15, 0.2) is 36.5 Å². The van der Waals surface area contributed by atoms with Crippen LogP contribution in [-0.2, 0) is 0 Å². The molecule has 1 unspecified atom stereocenters. The number of hydrogen-bond acceptors (Lipinski definition) is 6. The van der Waals surface area contributed by atoms with Gasteiger partial charge < -0.3 is 10.5 Å². The van der Waals surface area contributed by atoms with Crippen molar-refractivity contribution in [2.75, 3.05) is 20.2 Å². The zero-order valence-electron chi connectivity index (χ0n) is 18.7. The van der Waals surface area contributed by atoms with Crippen molar-refractivity contribution >= 4 is 41.4 Å². The first kappa shape index (κ1) is 27.8. The number of aromatic nitrogens is 4. The van der Waals surface area contributed by atoms with Gasteiger partial charge in [0.1, 0.15) is 17.3 Å². The largest absolute Gasteiger partial charge is 0.491 e. The molecule has 0 saturated carbocycles. The zero-order valence-corrected chi connectivity index (χ0v) is 20.3. The molecule has 0 radical (unpaired) electrons. The number of pyridine rings is 2.